The van der Waals surface area contributed by atoms with Crippen molar-refractivity contribution in [1.82, 2.24) is 0 Å². The first-order chi connectivity index (χ1) is 13.4. The molecule has 146 valence electrons. The van der Waals surface area contributed by atoms with Gasteiger partial charge in [-0.15, -0.1) is 0 Å². The van der Waals surface area contributed by atoms with Gasteiger partial charge in [0.15, 0.2) is 11.6 Å². The second-order valence-electron chi connectivity index (χ2n) is 10.0. The molecule has 0 aromatic heterocycles. The molecule has 0 spiro atoms. The first-order valence-electron chi connectivity index (χ1n) is 11.0. The number of Topliss-reactive ketones (excluding diaryl/α,β-unsaturated/α-hetero) is 1. The van der Waals surface area contributed by atoms with Crippen LogP contribution in [0.4, 0.5) is 0 Å². The fourth-order valence-electron chi connectivity index (χ4n) is 7.11. The maximum atomic E-state index is 13.4. The Bertz CT molecular complexity index is 892. The maximum Gasteiger partial charge on any atom is 0.165 e. The molecular weight excluding hydrogens is 344 g/mol. The fraction of sp³-hybridized carbons (Fsp3) is 0.538. The van der Waals surface area contributed by atoms with Gasteiger partial charge in [-0.3, -0.25) is 9.59 Å². The minimum absolute atomic E-state index is 0.174. The summed E-state index contributed by atoms with van der Waals surface area (Å²) in [6, 6.07) is 10.3. The van der Waals surface area contributed by atoms with Gasteiger partial charge in [-0.1, -0.05) is 49.8 Å². The summed E-state index contributed by atoms with van der Waals surface area (Å²) >= 11 is 0. The molecule has 0 bridgehead atoms. The topological polar surface area (TPSA) is 34.1 Å². The molecule has 0 radical (unpaired) electrons. The number of benzene rings is 1. The molecule has 4 aliphatic rings. The number of hydrogen-bond acceptors (Lipinski definition) is 2. The van der Waals surface area contributed by atoms with E-state index < -0.39 is 0 Å². The van der Waals surface area contributed by atoms with Crippen molar-refractivity contribution < 1.29 is 9.59 Å². The summed E-state index contributed by atoms with van der Waals surface area (Å²) in [5, 5.41) is 0. The number of fused-ring (bicyclic) bond motifs is 5. The van der Waals surface area contributed by atoms with Crippen molar-refractivity contribution in [3.05, 3.63) is 53.1 Å². The number of allylic oxidation sites excluding steroid dienone is 2. The molecule has 3 fully saturated rings. The first kappa shape index (κ1) is 18.1. The van der Waals surface area contributed by atoms with Crippen LogP contribution in [-0.2, 0) is 9.59 Å². The molecule has 2 heteroatoms. The summed E-state index contributed by atoms with van der Waals surface area (Å²) in [5.41, 5.74) is 3.55. The maximum absolute atomic E-state index is 13.4. The highest BCUT2D eigenvalue weighted by molar-refractivity contribution is 6.06. The number of ketones is 2. The molecule has 4 aliphatic carbocycles. The minimum Gasteiger partial charge on any atom is -0.295 e. The van der Waals surface area contributed by atoms with E-state index in [4.69, 9.17) is 0 Å². The molecule has 1 aromatic rings. The quantitative estimate of drug-likeness (QED) is 0.584. The second-order valence-corrected chi connectivity index (χ2v) is 10.0. The van der Waals surface area contributed by atoms with Gasteiger partial charge in [0, 0.05) is 11.8 Å². The van der Waals surface area contributed by atoms with E-state index >= 15 is 0 Å². The van der Waals surface area contributed by atoms with Gasteiger partial charge in [0.05, 0.1) is 0 Å². The van der Waals surface area contributed by atoms with Crippen LogP contribution in [0.15, 0.2) is 47.6 Å². The van der Waals surface area contributed by atoms with Crippen molar-refractivity contribution in [2.45, 2.75) is 58.8 Å². The van der Waals surface area contributed by atoms with E-state index in [-0.39, 0.29) is 10.8 Å². The van der Waals surface area contributed by atoms with Crippen LogP contribution < -0.4 is 0 Å². The predicted octanol–water partition coefficient (Wildman–Crippen LogP) is 5.78. The fourth-order valence-corrected chi connectivity index (χ4v) is 7.11. The van der Waals surface area contributed by atoms with Crippen molar-refractivity contribution >= 4 is 17.6 Å². The Morgan fingerprint density at radius 2 is 1.71 bits per heavy atom. The molecule has 0 unspecified atom stereocenters. The van der Waals surface area contributed by atoms with Crippen molar-refractivity contribution in [3.63, 3.8) is 0 Å². The van der Waals surface area contributed by atoms with E-state index in [1.807, 2.05) is 24.3 Å². The molecule has 0 heterocycles. The second kappa shape index (κ2) is 6.27. The molecule has 0 saturated heterocycles. The van der Waals surface area contributed by atoms with Gasteiger partial charge < -0.3 is 0 Å². The van der Waals surface area contributed by atoms with Gasteiger partial charge in [-0.25, -0.2) is 0 Å². The molecule has 3 saturated carbocycles. The van der Waals surface area contributed by atoms with E-state index in [1.54, 1.807) is 0 Å². The lowest BCUT2D eigenvalue weighted by Crippen LogP contribution is -2.50. The smallest absolute Gasteiger partial charge is 0.165 e. The molecule has 5 rings (SSSR count). The molecule has 0 N–H and O–H groups in total. The number of carbonyl (C=O) groups excluding carboxylic acids is 2. The number of rotatable bonds is 1. The minimum atomic E-state index is -0.191. The third-order valence-corrected chi connectivity index (χ3v) is 8.74. The van der Waals surface area contributed by atoms with Gasteiger partial charge in [0.2, 0.25) is 0 Å². The van der Waals surface area contributed by atoms with Gasteiger partial charge in [0.25, 0.3) is 0 Å². The highest BCUT2D eigenvalue weighted by atomic mass is 16.1. The molecule has 5 atom stereocenters. The Kier molecular flexibility index (Phi) is 4.05. The van der Waals surface area contributed by atoms with Crippen LogP contribution in [0, 0.1) is 28.6 Å². The largest absolute Gasteiger partial charge is 0.295 e. The Morgan fingerprint density at radius 1 is 0.929 bits per heavy atom. The van der Waals surface area contributed by atoms with E-state index in [9.17, 15) is 9.59 Å². The summed E-state index contributed by atoms with van der Waals surface area (Å²) in [5.74, 6) is 2.41. The highest BCUT2D eigenvalue weighted by Crippen LogP contribution is 2.65. The lowest BCUT2D eigenvalue weighted by atomic mass is 9.47. The predicted molar refractivity (Wildman–Crippen MR) is 112 cm³/mol. The van der Waals surface area contributed by atoms with Gasteiger partial charge in [-0.05, 0) is 85.0 Å². The van der Waals surface area contributed by atoms with E-state index in [0.29, 0.717) is 35.7 Å². The summed E-state index contributed by atoms with van der Waals surface area (Å²) in [7, 11) is 0. The zero-order valence-electron chi connectivity index (χ0n) is 17.0. The third-order valence-electron chi connectivity index (χ3n) is 8.74. The zero-order valence-corrected chi connectivity index (χ0v) is 17.0. The average molecular weight is 375 g/mol. The van der Waals surface area contributed by atoms with Crippen LogP contribution >= 0.6 is 0 Å². The van der Waals surface area contributed by atoms with Crippen molar-refractivity contribution in [2.24, 2.45) is 28.6 Å². The van der Waals surface area contributed by atoms with E-state index in [1.165, 1.54) is 5.57 Å². The van der Waals surface area contributed by atoms with Crippen molar-refractivity contribution in [2.75, 3.05) is 0 Å². The molecular formula is C26H30O2. The Morgan fingerprint density at radius 3 is 2.50 bits per heavy atom. The zero-order chi connectivity index (χ0) is 19.5. The number of hydrogen-bond donors (Lipinski definition) is 0. The highest BCUT2D eigenvalue weighted by Gasteiger charge is 2.60. The van der Waals surface area contributed by atoms with Gasteiger partial charge in [0.1, 0.15) is 0 Å². The molecule has 1 aromatic carbocycles. The lowest BCUT2D eigenvalue weighted by molar-refractivity contribution is -0.130. The Balaban J connectivity index is 1.49. The van der Waals surface area contributed by atoms with Crippen LogP contribution in [0.2, 0.25) is 0 Å². The van der Waals surface area contributed by atoms with E-state index in [0.717, 1.165) is 49.7 Å². The van der Waals surface area contributed by atoms with Crippen LogP contribution in [0.1, 0.15) is 64.4 Å². The van der Waals surface area contributed by atoms with Crippen LogP contribution in [0.5, 0.6) is 0 Å². The van der Waals surface area contributed by atoms with Crippen LogP contribution in [0.3, 0.4) is 0 Å². The van der Waals surface area contributed by atoms with Gasteiger partial charge in [-0.2, -0.15) is 0 Å². The van der Waals surface area contributed by atoms with Crippen molar-refractivity contribution in [3.8, 4) is 0 Å². The molecule has 0 amide bonds. The first-order valence-corrected chi connectivity index (χ1v) is 11.0. The van der Waals surface area contributed by atoms with Crippen LogP contribution in [0.25, 0.3) is 6.08 Å². The average Bonchev–Trinajstić information content (AvgIpc) is 2.94. The summed E-state index contributed by atoms with van der Waals surface area (Å²) in [4.78, 5) is 25.4. The standard InChI is InChI=1S/C26H30O2/c1-25-12-10-20(27)16-19(25)8-9-21-22(25)11-13-26(2)23(21)15-18(24(26)28)14-17-6-4-3-5-7-17/h3-7,14,16,21-23H,8-13,15H2,1-2H3/t21-,22+,23+,25+,26+/m1/s1. The lowest BCUT2D eigenvalue weighted by Gasteiger charge is -2.56. The molecule has 2 nitrogen and oxygen atoms in total. The van der Waals surface area contributed by atoms with E-state index in [2.05, 4.69) is 32.1 Å². The summed E-state index contributed by atoms with van der Waals surface area (Å²) < 4.78 is 0. The SMILES string of the molecule is C[C@]12CCC(=O)C=C1CC[C@@H]1[C@@H]2CC[C@]2(C)C(=O)C(=Cc3ccccc3)C[C@@H]12. The van der Waals surface area contributed by atoms with Crippen molar-refractivity contribution in [1.29, 1.82) is 0 Å². The van der Waals surface area contributed by atoms with Crippen LogP contribution in [-0.4, -0.2) is 11.6 Å². The number of carbonyl (C=O) groups is 2. The van der Waals surface area contributed by atoms with Gasteiger partial charge >= 0.3 is 0 Å². The summed E-state index contributed by atoms with van der Waals surface area (Å²) in [6.45, 7) is 4.64. The third kappa shape index (κ3) is 2.53. The summed E-state index contributed by atoms with van der Waals surface area (Å²) in [6.07, 6.45) is 11.0. The Labute approximate surface area is 168 Å². The Hall–Kier alpha value is -1.96. The molecule has 28 heavy (non-hydrogen) atoms. The molecule has 0 aliphatic heterocycles. The monoisotopic (exact) mass is 374 g/mol. The normalized spacial score (nSPS) is 41.3.